The van der Waals surface area contributed by atoms with E-state index in [1.807, 2.05) is 0 Å². The number of rotatable bonds is 9. The van der Waals surface area contributed by atoms with Crippen LogP contribution in [-0.4, -0.2) is 34.1 Å². The van der Waals surface area contributed by atoms with E-state index < -0.39 is 6.61 Å². The summed E-state index contributed by atoms with van der Waals surface area (Å²) in [6, 6.07) is 10.3. The molecule has 1 fully saturated rings. The first kappa shape index (κ1) is 21.5. The van der Waals surface area contributed by atoms with Crippen LogP contribution >= 0.6 is 11.6 Å². The summed E-state index contributed by atoms with van der Waals surface area (Å²) in [5, 5.41) is 1.01. The quantitative estimate of drug-likeness (QED) is 0.511. The average Bonchev–Trinajstić information content (AvgIpc) is 3.54. The third-order valence-corrected chi connectivity index (χ3v) is 5.28. The molecule has 3 aromatic rings. The first-order valence-corrected chi connectivity index (χ1v) is 10.4. The molecule has 1 aromatic heterocycles. The zero-order chi connectivity index (χ0) is 22.0. The number of nitrogens with one attached hydrogen (secondary N) is 1. The fraction of sp³-hybridized carbons (Fsp3) is 0.364. The van der Waals surface area contributed by atoms with Gasteiger partial charge in [0, 0.05) is 17.6 Å². The van der Waals surface area contributed by atoms with Gasteiger partial charge in [-0.15, -0.1) is 0 Å². The highest BCUT2D eigenvalue weighted by molar-refractivity contribution is 6.31. The summed E-state index contributed by atoms with van der Waals surface area (Å²) in [6.07, 6.45) is 2.10. The Bertz CT molecular complexity index is 1130. The molecule has 1 aliphatic carbocycles. The molecular formula is C22H22ClF2N3O3. The second kappa shape index (κ2) is 9.20. The Labute approximate surface area is 182 Å². The molecule has 1 saturated carbocycles. The van der Waals surface area contributed by atoms with Gasteiger partial charge >= 0.3 is 6.61 Å². The number of aromatic nitrogens is 2. The van der Waals surface area contributed by atoms with Crippen molar-refractivity contribution in [3.63, 3.8) is 0 Å². The predicted molar refractivity (Wildman–Crippen MR) is 114 cm³/mol. The lowest BCUT2D eigenvalue weighted by molar-refractivity contribution is -0.0514. The first-order valence-electron chi connectivity index (χ1n) is 10.1. The maximum Gasteiger partial charge on any atom is 0.387 e. The lowest BCUT2D eigenvalue weighted by Gasteiger charge is -2.22. The zero-order valence-electron chi connectivity index (χ0n) is 16.9. The van der Waals surface area contributed by atoms with Gasteiger partial charge in [-0.25, -0.2) is 4.98 Å². The smallest absolute Gasteiger partial charge is 0.387 e. The van der Waals surface area contributed by atoms with Crippen LogP contribution in [0, 0.1) is 0 Å². The Hall–Kier alpha value is -2.71. The standard InChI is InChI=1S/C22H22ClF2N3O3/c1-2-30-19-9-13(3-8-18(19)31-22(24)25)11-28(15-5-6-15)12-20-26-17-10-14(23)4-7-16(17)21(29)27-20/h3-4,7-10,15,22H,2,5-6,11-12H2,1H3,(H,26,27,29). The maximum atomic E-state index is 12.6. The molecule has 4 rings (SSSR count). The largest absolute Gasteiger partial charge is 0.490 e. The molecule has 0 saturated heterocycles. The van der Waals surface area contributed by atoms with E-state index in [-0.39, 0.29) is 17.1 Å². The number of nitrogens with zero attached hydrogens (tertiary/aromatic N) is 2. The Morgan fingerprint density at radius 2 is 2.00 bits per heavy atom. The SMILES string of the molecule is CCOc1cc(CN(Cc2nc3cc(Cl)ccc3c(=O)[nH]2)C2CC2)ccc1OC(F)F. The van der Waals surface area contributed by atoms with E-state index in [9.17, 15) is 13.6 Å². The molecule has 31 heavy (non-hydrogen) atoms. The third-order valence-electron chi connectivity index (χ3n) is 5.04. The summed E-state index contributed by atoms with van der Waals surface area (Å²) in [6.45, 7) is 0.194. The van der Waals surface area contributed by atoms with E-state index in [1.165, 1.54) is 6.07 Å². The predicted octanol–water partition coefficient (Wildman–Crippen LogP) is 4.74. The molecule has 0 bridgehead atoms. The first-order chi connectivity index (χ1) is 14.9. The van der Waals surface area contributed by atoms with Gasteiger partial charge in [0.05, 0.1) is 24.1 Å². The molecule has 0 unspecified atom stereocenters. The van der Waals surface area contributed by atoms with Crippen LogP contribution < -0.4 is 15.0 Å². The van der Waals surface area contributed by atoms with Gasteiger partial charge in [-0.2, -0.15) is 8.78 Å². The van der Waals surface area contributed by atoms with E-state index in [4.69, 9.17) is 16.3 Å². The van der Waals surface area contributed by atoms with Gasteiger partial charge in [0.25, 0.3) is 5.56 Å². The van der Waals surface area contributed by atoms with Crippen LogP contribution in [0.2, 0.25) is 5.02 Å². The molecule has 0 spiro atoms. The summed E-state index contributed by atoms with van der Waals surface area (Å²) in [7, 11) is 0. The van der Waals surface area contributed by atoms with E-state index in [0.29, 0.717) is 47.5 Å². The minimum Gasteiger partial charge on any atom is -0.490 e. The van der Waals surface area contributed by atoms with Crippen molar-refractivity contribution in [3.05, 3.63) is 63.2 Å². The second-order valence-corrected chi connectivity index (χ2v) is 7.84. The van der Waals surface area contributed by atoms with Crippen molar-refractivity contribution >= 4 is 22.5 Å². The highest BCUT2D eigenvalue weighted by atomic mass is 35.5. The number of H-pyrrole nitrogens is 1. The molecule has 2 aromatic carbocycles. The third kappa shape index (κ3) is 5.32. The van der Waals surface area contributed by atoms with Crippen LogP contribution in [-0.2, 0) is 13.1 Å². The summed E-state index contributed by atoms with van der Waals surface area (Å²) in [5.74, 6) is 0.841. The highest BCUT2D eigenvalue weighted by Gasteiger charge is 2.30. The van der Waals surface area contributed by atoms with Crippen LogP contribution in [0.1, 0.15) is 31.2 Å². The molecule has 9 heteroatoms. The molecule has 1 N–H and O–H groups in total. The normalized spacial score (nSPS) is 13.9. The summed E-state index contributed by atoms with van der Waals surface area (Å²) >= 11 is 6.05. The lowest BCUT2D eigenvalue weighted by atomic mass is 10.1. The lowest BCUT2D eigenvalue weighted by Crippen LogP contribution is -2.27. The van der Waals surface area contributed by atoms with Crippen molar-refractivity contribution in [2.24, 2.45) is 0 Å². The van der Waals surface area contributed by atoms with Gasteiger partial charge < -0.3 is 14.5 Å². The van der Waals surface area contributed by atoms with Crippen molar-refractivity contribution in [1.82, 2.24) is 14.9 Å². The number of fused-ring (bicyclic) bond motifs is 1. The van der Waals surface area contributed by atoms with Crippen molar-refractivity contribution in [2.75, 3.05) is 6.61 Å². The number of ether oxygens (including phenoxy) is 2. The van der Waals surface area contributed by atoms with E-state index in [1.54, 1.807) is 37.3 Å². The summed E-state index contributed by atoms with van der Waals surface area (Å²) in [4.78, 5) is 22.1. The monoisotopic (exact) mass is 449 g/mol. The topological polar surface area (TPSA) is 67.5 Å². The van der Waals surface area contributed by atoms with Gasteiger partial charge in [0.1, 0.15) is 5.82 Å². The summed E-state index contributed by atoms with van der Waals surface area (Å²) < 4.78 is 35.3. The molecule has 1 aliphatic rings. The minimum atomic E-state index is -2.92. The number of hydrogen-bond acceptors (Lipinski definition) is 5. The summed E-state index contributed by atoms with van der Waals surface area (Å²) in [5.41, 5.74) is 1.23. The fourth-order valence-corrected chi connectivity index (χ4v) is 3.70. The van der Waals surface area contributed by atoms with Crippen LogP contribution in [0.5, 0.6) is 11.5 Å². The number of aromatic amines is 1. The van der Waals surface area contributed by atoms with Crippen LogP contribution in [0.3, 0.4) is 0 Å². The second-order valence-electron chi connectivity index (χ2n) is 7.40. The van der Waals surface area contributed by atoms with Gasteiger partial charge in [0.2, 0.25) is 0 Å². The van der Waals surface area contributed by atoms with E-state index >= 15 is 0 Å². The number of hydrogen-bond donors (Lipinski definition) is 1. The highest BCUT2D eigenvalue weighted by Crippen LogP contribution is 2.33. The van der Waals surface area contributed by atoms with Crippen molar-refractivity contribution in [1.29, 1.82) is 0 Å². The Morgan fingerprint density at radius 1 is 1.19 bits per heavy atom. The van der Waals surface area contributed by atoms with E-state index in [0.717, 1.165) is 18.4 Å². The number of benzene rings is 2. The Balaban J connectivity index is 1.57. The molecule has 164 valence electrons. The van der Waals surface area contributed by atoms with Gasteiger partial charge in [-0.3, -0.25) is 9.69 Å². The molecule has 0 amide bonds. The molecule has 0 radical (unpaired) electrons. The van der Waals surface area contributed by atoms with Crippen molar-refractivity contribution < 1.29 is 18.3 Å². The molecule has 0 atom stereocenters. The fourth-order valence-electron chi connectivity index (χ4n) is 3.53. The van der Waals surface area contributed by atoms with Gasteiger partial charge in [-0.05, 0) is 55.7 Å². The Kier molecular flexibility index (Phi) is 6.38. The van der Waals surface area contributed by atoms with Crippen LogP contribution in [0.15, 0.2) is 41.2 Å². The van der Waals surface area contributed by atoms with Gasteiger partial charge in [0.15, 0.2) is 11.5 Å². The van der Waals surface area contributed by atoms with Crippen LogP contribution in [0.25, 0.3) is 10.9 Å². The number of halogens is 3. The average molecular weight is 450 g/mol. The molecule has 6 nitrogen and oxygen atoms in total. The van der Waals surface area contributed by atoms with Gasteiger partial charge in [-0.1, -0.05) is 17.7 Å². The van der Waals surface area contributed by atoms with E-state index in [2.05, 4.69) is 19.6 Å². The Morgan fingerprint density at radius 3 is 2.71 bits per heavy atom. The maximum absolute atomic E-state index is 12.6. The zero-order valence-corrected chi connectivity index (χ0v) is 17.7. The van der Waals surface area contributed by atoms with Crippen molar-refractivity contribution in [2.45, 2.75) is 45.5 Å². The van der Waals surface area contributed by atoms with Crippen LogP contribution in [0.4, 0.5) is 8.78 Å². The molecule has 0 aliphatic heterocycles. The van der Waals surface area contributed by atoms with Crippen molar-refractivity contribution in [3.8, 4) is 11.5 Å². The minimum absolute atomic E-state index is 0.0102. The molecular weight excluding hydrogens is 428 g/mol. The number of alkyl halides is 2. The molecule has 1 heterocycles.